The molecule has 2 rings (SSSR count). The zero-order chi connectivity index (χ0) is 17.4. The number of hydrogen-bond acceptors (Lipinski definition) is 4. The van der Waals surface area contributed by atoms with Crippen LogP contribution in [0.25, 0.3) is 0 Å². The quantitative estimate of drug-likeness (QED) is 0.229. The maximum atomic E-state index is 12.2. The van der Waals surface area contributed by atoms with Crippen molar-refractivity contribution in [2.45, 2.75) is 84.0 Å². The Hall–Kier alpha value is -1.71. The first-order chi connectivity index (χ1) is 11.5. The van der Waals surface area contributed by atoms with E-state index in [1.807, 2.05) is 0 Å². The predicted octanol–water partition coefficient (Wildman–Crippen LogP) is 5.51. The van der Waals surface area contributed by atoms with Crippen molar-refractivity contribution in [1.29, 1.82) is 0 Å². The van der Waals surface area contributed by atoms with Gasteiger partial charge in [-0.2, -0.15) is 0 Å². The molecule has 0 unspecified atom stereocenters. The highest BCUT2D eigenvalue weighted by atomic mass is 16.9. The largest absolute Gasteiger partial charge is 0.425 e. The van der Waals surface area contributed by atoms with Gasteiger partial charge < -0.3 is 14.2 Å². The molecule has 0 saturated heterocycles. The summed E-state index contributed by atoms with van der Waals surface area (Å²) in [5.41, 5.74) is 0.350. The van der Waals surface area contributed by atoms with Gasteiger partial charge in [0.25, 0.3) is 0 Å². The molecule has 0 amide bonds. The number of carbonyl (C=O) groups is 1. The summed E-state index contributed by atoms with van der Waals surface area (Å²) in [7, 11) is 0. The highest BCUT2D eigenvalue weighted by Gasteiger charge is 2.41. The van der Waals surface area contributed by atoms with Crippen molar-refractivity contribution < 1.29 is 19.0 Å². The first kappa shape index (κ1) is 18.6. The van der Waals surface area contributed by atoms with Crippen molar-refractivity contribution in [3.05, 3.63) is 35.8 Å². The third kappa shape index (κ3) is 5.43. The zero-order valence-electron chi connectivity index (χ0n) is 15.1. The Morgan fingerprint density at radius 1 is 1.12 bits per heavy atom. The fourth-order valence-electron chi connectivity index (χ4n) is 2.90. The Morgan fingerprint density at radius 3 is 2.12 bits per heavy atom. The third-order valence-electron chi connectivity index (χ3n) is 4.25. The zero-order valence-corrected chi connectivity index (χ0v) is 15.1. The lowest BCUT2D eigenvalue weighted by atomic mass is 10.1. The van der Waals surface area contributed by atoms with Crippen molar-refractivity contribution in [3.8, 4) is 0 Å². The molecule has 0 saturated carbocycles. The van der Waals surface area contributed by atoms with Crippen LogP contribution in [-0.4, -0.2) is 11.9 Å². The van der Waals surface area contributed by atoms with Crippen molar-refractivity contribution >= 4 is 5.97 Å². The van der Waals surface area contributed by atoms with Gasteiger partial charge in [-0.25, -0.2) is 4.79 Å². The van der Waals surface area contributed by atoms with Crippen LogP contribution in [0, 0.1) is 0 Å². The Balaban J connectivity index is 2.20. The lowest BCUT2D eigenvalue weighted by Gasteiger charge is -2.34. The van der Waals surface area contributed by atoms with E-state index in [4.69, 9.17) is 14.2 Å². The van der Waals surface area contributed by atoms with E-state index >= 15 is 0 Å². The van der Waals surface area contributed by atoms with Gasteiger partial charge in [0.2, 0.25) is 0 Å². The van der Waals surface area contributed by atoms with Gasteiger partial charge in [0.15, 0.2) is 0 Å². The van der Waals surface area contributed by atoms with E-state index in [0.717, 1.165) is 69.3 Å². The van der Waals surface area contributed by atoms with Crippen molar-refractivity contribution in [2.24, 2.45) is 0 Å². The number of carbonyl (C=O) groups excluding carboxylic acids is 1. The molecule has 2 aliphatic carbocycles. The molecule has 4 heteroatoms. The van der Waals surface area contributed by atoms with Crippen LogP contribution in [0.1, 0.15) is 78.1 Å². The van der Waals surface area contributed by atoms with Crippen molar-refractivity contribution in [2.75, 3.05) is 0 Å². The fourth-order valence-corrected chi connectivity index (χ4v) is 2.90. The Kier molecular flexibility index (Phi) is 6.95. The van der Waals surface area contributed by atoms with Crippen LogP contribution in [-0.2, 0) is 19.0 Å². The first-order valence-corrected chi connectivity index (χ1v) is 9.19. The lowest BCUT2D eigenvalue weighted by molar-refractivity contribution is -0.336. The van der Waals surface area contributed by atoms with E-state index in [2.05, 4.69) is 25.7 Å². The molecule has 0 aliphatic heterocycles. The Labute approximate surface area is 145 Å². The first-order valence-electron chi connectivity index (χ1n) is 9.19. The standard InChI is InChI=1S/C20H30O4/c1-4-5-10-15-20(24-19(21)16(2)3,22-17-11-6-7-12-17)23-18-13-8-9-14-18/h11,13H,2,4-10,12,14-15H2,1,3H3. The van der Waals surface area contributed by atoms with Gasteiger partial charge in [-0.05, 0) is 51.2 Å². The van der Waals surface area contributed by atoms with Crippen LogP contribution in [0.4, 0.5) is 0 Å². The average molecular weight is 334 g/mol. The van der Waals surface area contributed by atoms with Gasteiger partial charge in [0.05, 0.1) is 6.42 Å². The van der Waals surface area contributed by atoms with E-state index in [-0.39, 0.29) is 0 Å². The van der Waals surface area contributed by atoms with E-state index in [9.17, 15) is 4.79 Å². The van der Waals surface area contributed by atoms with Crippen LogP contribution in [0.2, 0.25) is 0 Å². The summed E-state index contributed by atoms with van der Waals surface area (Å²) in [5, 5.41) is 0. The average Bonchev–Trinajstić information content (AvgIpc) is 3.21. The Morgan fingerprint density at radius 2 is 1.71 bits per heavy atom. The highest BCUT2D eigenvalue weighted by molar-refractivity contribution is 5.87. The number of allylic oxidation sites excluding steroid dienone is 4. The summed E-state index contributed by atoms with van der Waals surface area (Å²) in [5.74, 6) is -0.111. The van der Waals surface area contributed by atoms with Gasteiger partial charge >= 0.3 is 11.9 Å². The number of hydrogen-bond donors (Lipinski definition) is 0. The molecule has 0 aromatic rings. The molecular weight excluding hydrogens is 304 g/mol. The van der Waals surface area contributed by atoms with E-state index in [1.54, 1.807) is 6.92 Å². The summed E-state index contributed by atoms with van der Waals surface area (Å²) in [4.78, 5) is 12.2. The molecule has 2 aliphatic rings. The molecule has 0 N–H and O–H groups in total. The molecule has 0 spiro atoms. The molecular formula is C20H30O4. The number of rotatable bonds is 10. The summed E-state index contributed by atoms with van der Waals surface area (Å²) in [6, 6.07) is 0. The predicted molar refractivity (Wildman–Crippen MR) is 93.8 cm³/mol. The smallest absolute Gasteiger partial charge is 0.418 e. The summed E-state index contributed by atoms with van der Waals surface area (Å²) >= 11 is 0. The van der Waals surface area contributed by atoms with Gasteiger partial charge in [-0.1, -0.05) is 26.3 Å². The molecule has 0 atom stereocenters. The maximum absolute atomic E-state index is 12.2. The summed E-state index contributed by atoms with van der Waals surface area (Å²) in [6.45, 7) is 7.47. The fraction of sp³-hybridized carbons (Fsp3) is 0.650. The SMILES string of the molecule is C=C(C)C(=O)OC(CCCCC)(OC1=CCCC1)OC1=CCCC1. The van der Waals surface area contributed by atoms with E-state index in [0.29, 0.717) is 12.0 Å². The van der Waals surface area contributed by atoms with Gasteiger partial charge in [-0.3, -0.25) is 0 Å². The highest BCUT2D eigenvalue weighted by Crippen LogP contribution is 2.35. The van der Waals surface area contributed by atoms with Crippen LogP contribution in [0.5, 0.6) is 0 Å². The summed E-state index contributed by atoms with van der Waals surface area (Å²) < 4.78 is 18.0. The van der Waals surface area contributed by atoms with Crippen LogP contribution in [0.3, 0.4) is 0 Å². The molecule has 134 valence electrons. The molecule has 0 aromatic carbocycles. The van der Waals surface area contributed by atoms with E-state index in [1.165, 1.54) is 0 Å². The summed E-state index contributed by atoms with van der Waals surface area (Å²) in [6.07, 6.45) is 13.5. The molecule has 0 heterocycles. The minimum atomic E-state index is -1.36. The number of ether oxygens (including phenoxy) is 3. The number of esters is 1. The minimum absolute atomic E-state index is 0.350. The van der Waals surface area contributed by atoms with Crippen molar-refractivity contribution in [1.82, 2.24) is 0 Å². The van der Waals surface area contributed by atoms with Gasteiger partial charge in [0, 0.05) is 18.4 Å². The molecule has 4 nitrogen and oxygen atoms in total. The Bertz CT molecular complexity index is 481. The van der Waals surface area contributed by atoms with Crippen LogP contribution < -0.4 is 0 Å². The second-order valence-corrected chi connectivity index (χ2v) is 6.64. The maximum Gasteiger partial charge on any atom is 0.418 e. The monoisotopic (exact) mass is 334 g/mol. The van der Waals surface area contributed by atoms with Crippen LogP contribution >= 0.6 is 0 Å². The normalized spacial score (nSPS) is 17.2. The van der Waals surface area contributed by atoms with E-state index < -0.39 is 11.9 Å². The molecule has 0 aromatic heterocycles. The molecule has 24 heavy (non-hydrogen) atoms. The molecule has 0 fully saturated rings. The van der Waals surface area contributed by atoms with Crippen molar-refractivity contribution in [3.63, 3.8) is 0 Å². The second-order valence-electron chi connectivity index (χ2n) is 6.64. The molecule has 0 bridgehead atoms. The van der Waals surface area contributed by atoms with Gasteiger partial charge in [-0.15, -0.1) is 0 Å². The second kappa shape index (κ2) is 8.95. The lowest BCUT2D eigenvalue weighted by Crippen LogP contribution is -2.41. The number of unbranched alkanes of at least 4 members (excludes halogenated alkanes) is 2. The molecule has 0 radical (unpaired) electrons. The van der Waals surface area contributed by atoms with Gasteiger partial charge in [0.1, 0.15) is 11.5 Å². The third-order valence-corrected chi connectivity index (χ3v) is 4.25. The minimum Gasteiger partial charge on any atom is -0.425 e. The van der Waals surface area contributed by atoms with Crippen LogP contribution in [0.15, 0.2) is 35.8 Å². The topological polar surface area (TPSA) is 44.8 Å².